The molecule has 0 aromatic rings. The molecule has 0 amide bonds. The van der Waals surface area contributed by atoms with Gasteiger partial charge in [0, 0.05) is 18.6 Å². The molecule has 0 aromatic heterocycles. The van der Waals surface area contributed by atoms with Crippen LogP contribution in [0.2, 0.25) is 0 Å². The van der Waals surface area contributed by atoms with E-state index in [0.717, 1.165) is 32.1 Å². The van der Waals surface area contributed by atoms with Crippen molar-refractivity contribution in [1.82, 2.24) is 0 Å². The summed E-state index contributed by atoms with van der Waals surface area (Å²) in [5.74, 6) is -0.206. The lowest BCUT2D eigenvalue weighted by atomic mass is 9.84. The second kappa shape index (κ2) is 23.2. The maximum Gasteiger partial charge on any atom is 0.267 e. The second-order valence-corrected chi connectivity index (χ2v) is 13.7. The van der Waals surface area contributed by atoms with Gasteiger partial charge in [-0.15, -0.1) is 49.6 Å². The Morgan fingerprint density at radius 3 is 1.71 bits per heavy atom. The summed E-state index contributed by atoms with van der Waals surface area (Å²) >= 11 is 0. The average Bonchev–Trinajstić information content (AvgIpc) is 2.98. The molecule has 2 aliphatic heterocycles. The Bertz CT molecular complexity index is 988. The minimum absolute atomic E-state index is 0. The van der Waals surface area contributed by atoms with Gasteiger partial charge < -0.3 is 72.5 Å². The Hall–Kier alpha value is 0.510. The van der Waals surface area contributed by atoms with Gasteiger partial charge >= 0.3 is 0 Å². The van der Waals surface area contributed by atoms with Gasteiger partial charge in [0.05, 0.1) is 18.4 Å². The van der Waals surface area contributed by atoms with Gasteiger partial charge in [0.15, 0.2) is 12.6 Å². The van der Waals surface area contributed by atoms with Crippen LogP contribution in [0.3, 0.4) is 0 Å². The molecule has 1 aliphatic carbocycles. The standard InChI is InChI=1S/C26H52N4O13S.4ClH/c1-2-3-4-5-6-7-8-44(37,38)39-11-15-17(31)16(30)19(33)25(41-15)42-23-12(28)9-13(29)24(22(23)36)43-26-21(35)20(34)18(32)14(10-27)40-26;;;;/h12-26,31-36H,2-11,27-30H2,1H3;4*1H/t12-,13+,14-,15-,16+,17-,18-,19-,20+,21-,22-,23+,24-,25-,26-;;;;/m1..../s1. The molecule has 14 N–H and O–H groups in total. The molecule has 15 atom stereocenters. The molecule has 0 bridgehead atoms. The van der Waals surface area contributed by atoms with Crippen molar-refractivity contribution >= 4 is 59.7 Å². The van der Waals surface area contributed by atoms with Crippen LogP contribution in [0.1, 0.15) is 51.9 Å². The minimum atomic E-state index is -3.94. The Kier molecular flexibility index (Phi) is 24.5. The molecule has 3 fully saturated rings. The summed E-state index contributed by atoms with van der Waals surface area (Å²) in [6.45, 7) is 1.29. The van der Waals surface area contributed by atoms with E-state index in [2.05, 4.69) is 6.92 Å². The van der Waals surface area contributed by atoms with Gasteiger partial charge in [0.2, 0.25) is 0 Å². The summed E-state index contributed by atoms with van der Waals surface area (Å²) in [6.07, 6.45) is -12.3. The van der Waals surface area contributed by atoms with Crippen LogP contribution in [-0.4, -0.2) is 150 Å². The highest BCUT2D eigenvalue weighted by Gasteiger charge is 2.51. The zero-order chi connectivity index (χ0) is 32.8. The zero-order valence-electron chi connectivity index (χ0n) is 26.6. The van der Waals surface area contributed by atoms with Gasteiger partial charge in [0.1, 0.15) is 61.0 Å². The number of rotatable bonds is 15. The third-order valence-corrected chi connectivity index (χ3v) is 9.75. The molecule has 0 aromatic carbocycles. The highest BCUT2D eigenvalue weighted by Crippen LogP contribution is 2.31. The fraction of sp³-hybridized carbons (Fsp3) is 1.00. The second-order valence-electron chi connectivity index (χ2n) is 11.9. The lowest BCUT2D eigenvalue weighted by Gasteiger charge is -2.48. The highest BCUT2D eigenvalue weighted by molar-refractivity contribution is 7.86. The Morgan fingerprint density at radius 1 is 0.667 bits per heavy atom. The molecule has 292 valence electrons. The van der Waals surface area contributed by atoms with Crippen LogP contribution in [0.15, 0.2) is 0 Å². The number of aliphatic hydroxyl groups is 6. The first-order chi connectivity index (χ1) is 20.7. The van der Waals surface area contributed by atoms with E-state index in [1.54, 1.807) is 0 Å². The van der Waals surface area contributed by atoms with E-state index in [4.69, 9.17) is 46.1 Å². The average molecular weight is 807 g/mol. The third-order valence-electron chi connectivity index (χ3n) is 8.46. The molecule has 0 unspecified atom stereocenters. The van der Waals surface area contributed by atoms with Gasteiger partial charge in [-0.2, -0.15) is 8.42 Å². The van der Waals surface area contributed by atoms with Crippen molar-refractivity contribution in [1.29, 1.82) is 0 Å². The normalized spacial score (nSPS) is 40.0. The van der Waals surface area contributed by atoms with E-state index in [0.29, 0.717) is 6.42 Å². The third kappa shape index (κ3) is 13.2. The molecule has 2 saturated heterocycles. The number of hydrogen-bond donors (Lipinski definition) is 10. The van der Waals surface area contributed by atoms with E-state index in [1.165, 1.54) is 0 Å². The van der Waals surface area contributed by atoms with Gasteiger partial charge in [-0.1, -0.05) is 39.0 Å². The topological polar surface area (TPSA) is 306 Å². The van der Waals surface area contributed by atoms with Crippen LogP contribution in [-0.2, 0) is 33.2 Å². The van der Waals surface area contributed by atoms with Crippen LogP contribution in [0.25, 0.3) is 0 Å². The molecule has 0 radical (unpaired) electrons. The van der Waals surface area contributed by atoms with E-state index in [9.17, 15) is 39.1 Å². The molecule has 3 rings (SSSR count). The Morgan fingerprint density at radius 2 is 1.17 bits per heavy atom. The summed E-state index contributed by atoms with van der Waals surface area (Å²) in [5, 5.41) is 63.1. The van der Waals surface area contributed by atoms with Crippen molar-refractivity contribution in [2.45, 2.75) is 144 Å². The SMILES string of the molecule is CCCCCCCCS(=O)(=O)OC[C@H]1O[C@H](O[C@@H]2[C@@H](O)[C@H](O[C@H]3O[C@H](CN)[C@@H](O)[C@H](O)[C@H]3O)[C@@H](N)C[C@H]2N)[C@H](O)[C@@H](N)[C@@H]1O.Cl.Cl.Cl.Cl. The number of aliphatic hydroxyl groups excluding tert-OH is 6. The number of unbranched alkanes of at least 4 members (excludes halogenated alkanes) is 5. The first-order valence-electron chi connectivity index (χ1n) is 15.3. The minimum Gasteiger partial charge on any atom is -0.389 e. The number of ether oxygens (including phenoxy) is 4. The molecule has 17 nitrogen and oxygen atoms in total. The molecular weight excluding hydrogens is 750 g/mol. The van der Waals surface area contributed by atoms with Gasteiger partial charge in [-0.25, -0.2) is 0 Å². The van der Waals surface area contributed by atoms with Gasteiger partial charge in [0.25, 0.3) is 10.1 Å². The molecule has 0 spiro atoms. The van der Waals surface area contributed by atoms with Crippen LogP contribution in [0.5, 0.6) is 0 Å². The molecular formula is C26H56Cl4N4O13S. The van der Waals surface area contributed by atoms with Gasteiger partial charge in [-0.3, -0.25) is 4.18 Å². The first kappa shape index (κ1) is 50.6. The number of hydrogen-bond acceptors (Lipinski definition) is 17. The first-order valence-corrected chi connectivity index (χ1v) is 16.8. The summed E-state index contributed by atoms with van der Waals surface area (Å²) in [4.78, 5) is 0. The molecule has 1 saturated carbocycles. The largest absolute Gasteiger partial charge is 0.389 e. The Labute approximate surface area is 306 Å². The summed E-state index contributed by atoms with van der Waals surface area (Å²) < 4.78 is 52.7. The number of nitrogens with two attached hydrogens (primary N) is 4. The molecule has 22 heteroatoms. The van der Waals surface area contributed by atoms with Crippen molar-refractivity contribution in [3.63, 3.8) is 0 Å². The number of halogens is 4. The van der Waals surface area contributed by atoms with E-state index in [1.807, 2.05) is 0 Å². The predicted molar refractivity (Wildman–Crippen MR) is 183 cm³/mol. The van der Waals surface area contributed by atoms with Crippen LogP contribution < -0.4 is 22.9 Å². The van der Waals surface area contributed by atoms with Crippen molar-refractivity contribution in [2.24, 2.45) is 22.9 Å². The lowest BCUT2D eigenvalue weighted by Crippen LogP contribution is -2.68. The van der Waals surface area contributed by atoms with Crippen LogP contribution in [0.4, 0.5) is 0 Å². The van der Waals surface area contributed by atoms with E-state index >= 15 is 0 Å². The smallest absolute Gasteiger partial charge is 0.267 e. The fourth-order valence-corrected chi connectivity index (χ4v) is 6.69. The van der Waals surface area contributed by atoms with Crippen LogP contribution in [0, 0.1) is 0 Å². The quantitative estimate of drug-likeness (QED) is 0.0587. The zero-order valence-corrected chi connectivity index (χ0v) is 30.7. The van der Waals surface area contributed by atoms with Gasteiger partial charge in [-0.05, 0) is 12.8 Å². The van der Waals surface area contributed by atoms with Crippen LogP contribution >= 0.6 is 49.6 Å². The van der Waals surface area contributed by atoms with E-state index in [-0.39, 0.29) is 68.3 Å². The maximum absolute atomic E-state index is 12.4. The lowest BCUT2D eigenvalue weighted by molar-refractivity contribution is -0.331. The summed E-state index contributed by atoms with van der Waals surface area (Å²) in [6, 6.07) is -3.13. The molecule has 3 aliphatic rings. The monoisotopic (exact) mass is 804 g/mol. The van der Waals surface area contributed by atoms with Crippen molar-refractivity contribution < 1.29 is 62.2 Å². The van der Waals surface area contributed by atoms with Crippen molar-refractivity contribution in [2.75, 3.05) is 18.9 Å². The van der Waals surface area contributed by atoms with E-state index < -0.39 is 108 Å². The van der Waals surface area contributed by atoms with Crippen molar-refractivity contribution in [3.8, 4) is 0 Å². The fourth-order valence-electron chi connectivity index (χ4n) is 5.68. The summed E-state index contributed by atoms with van der Waals surface area (Å²) in [5.41, 5.74) is 24.0. The Balaban J connectivity index is 0. The maximum atomic E-state index is 12.4. The van der Waals surface area contributed by atoms with Crippen molar-refractivity contribution in [3.05, 3.63) is 0 Å². The molecule has 48 heavy (non-hydrogen) atoms. The highest BCUT2D eigenvalue weighted by atomic mass is 35.5. The predicted octanol–water partition coefficient (Wildman–Crippen LogP) is -2.89. The molecule has 2 heterocycles. The summed E-state index contributed by atoms with van der Waals surface area (Å²) in [7, 11) is -3.94.